The molecule has 0 unspecified atom stereocenters. The van der Waals surface area contributed by atoms with Crippen molar-refractivity contribution in [1.82, 2.24) is 10.3 Å². The Balaban J connectivity index is 2.21. The number of aryl methyl sites for hydroxylation is 1. The van der Waals surface area contributed by atoms with E-state index in [1.165, 1.54) is 12.1 Å². The maximum Gasteiger partial charge on any atom is 0.224 e. The van der Waals surface area contributed by atoms with Crippen molar-refractivity contribution in [2.75, 3.05) is 7.05 Å². The molecule has 0 spiro atoms. The molecule has 0 aliphatic heterocycles. The van der Waals surface area contributed by atoms with Crippen molar-refractivity contribution in [2.24, 2.45) is 0 Å². The fourth-order valence-corrected chi connectivity index (χ4v) is 2.72. The van der Waals surface area contributed by atoms with Crippen molar-refractivity contribution in [3.63, 3.8) is 0 Å². The zero-order chi connectivity index (χ0) is 17.3. The van der Waals surface area contributed by atoms with Crippen LogP contribution in [0.25, 0.3) is 22.2 Å². The first-order chi connectivity index (χ1) is 11.5. The van der Waals surface area contributed by atoms with E-state index in [0.717, 1.165) is 22.6 Å². The first-order valence-electron chi connectivity index (χ1n) is 7.55. The van der Waals surface area contributed by atoms with Crippen molar-refractivity contribution in [1.29, 1.82) is 0 Å². The minimum absolute atomic E-state index is 0.125. The van der Waals surface area contributed by atoms with Gasteiger partial charge in [-0.2, -0.15) is 0 Å². The van der Waals surface area contributed by atoms with Gasteiger partial charge < -0.3 is 5.32 Å². The SMILES string of the molecule is CNC(=O)Cc1cccc2c(C)cc(-c3ccc(F)cc3F)nc12. The Bertz CT molecular complexity index is 938. The van der Waals surface area contributed by atoms with Gasteiger partial charge in [-0.05, 0) is 36.2 Å². The summed E-state index contributed by atoms with van der Waals surface area (Å²) in [6.45, 7) is 1.90. The van der Waals surface area contributed by atoms with Crippen LogP contribution in [0, 0.1) is 18.6 Å². The molecule has 1 amide bonds. The molecule has 5 heteroatoms. The Labute approximate surface area is 138 Å². The molecule has 3 nitrogen and oxygen atoms in total. The number of fused-ring (bicyclic) bond motifs is 1. The number of carbonyl (C=O) groups excluding carboxylic acids is 1. The highest BCUT2D eigenvalue weighted by Gasteiger charge is 2.13. The predicted molar refractivity (Wildman–Crippen MR) is 89.6 cm³/mol. The number of aromatic nitrogens is 1. The number of benzene rings is 2. The summed E-state index contributed by atoms with van der Waals surface area (Å²) in [6, 6.07) is 10.8. The van der Waals surface area contributed by atoms with Gasteiger partial charge in [-0.3, -0.25) is 4.79 Å². The number of hydrogen-bond acceptors (Lipinski definition) is 2. The van der Waals surface area contributed by atoms with E-state index >= 15 is 0 Å². The molecule has 0 aliphatic carbocycles. The van der Waals surface area contributed by atoms with Crippen LogP contribution in [0.2, 0.25) is 0 Å². The third kappa shape index (κ3) is 2.97. The van der Waals surface area contributed by atoms with Gasteiger partial charge in [0.15, 0.2) is 0 Å². The standard InChI is InChI=1S/C19H16F2N2O/c1-11-8-17(15-7-6-13(20)10-16(15)21)23-19-12(9-18(24)22-2)4-3-5-14(11)19/h3-8,10H,9H2,1-2H3,(H,22,24). The summed E-state index contributed by atoms with van der Waals surface area (Å²) in [6.07, 6.45) is 0.190. The number of nitrogens with zero attached hydrogens (tertiary/aromatic N) is 1. The highest BCUT2D eigenvalue weighted by atomic mass is 19.1. The lowest BCUT2D eigenvalue weighted by atomic mass is 10.0. The van der Waals surface area contributed by atoms with Crippen LogP contribution >= 0.6 is 0 Å². The molecule has 3 rings (SSSR count). The number of rotatable bonds is 3. The van der Waals surface area contributed by atoms with Gasteiger partial charge in [0.05, 0.1) is 17.6 Å². The summed E-state index contributed by atoms with van der Waals surface area (Å²) in [7, 11) is 1.57. The number of pyridine rings is 1. The lowest BCUT2D eigenvalue weighted by Gasteiger charge is -2.11. The van der Waals surface area contributed by atoms with Crippen LogP contribution in [-0.2, 0) is 11.2 Å². The molecule has 0 saturated carbocycles. The first-order valence-corrected chi connectivity index (χ1v) is 7.55. The van der Waals surface area contributed by atoms with E-state index < -0.39 is 11.6 Å². The number of halogens is 2. The predicted octanol–water partition coefficient (Wildman–Crippen LogP) is 3.78. The first kappa shape index (κ1) is 16.1. The zero-order valence-electron chi connectivity index (χ0n) is 13.4. The van der Waals surface area contributed by atoms with E-state index in [1.54, 1.807) is 13.1 Å². The highest BCUT2D eigenvalue weighted by Crippen LogP contribution is 2.28. The lowest BCUT2D eigenvalue weighted by molar-refractivity contribution is -0.119. The molecule has 0 aliphatic rings. The van der Waals surface area contributed by atoms with Crippen LogP contribution < -0.4 is 5.32 Å². The largest absolute Gasteiger partial charge is 0.359 e. The van der Waals surface area contributed by atoms with Crippen molar-refractivity contribution < 1.29 is 13.6 Å². The van der Waals surface area contributed by atoms with Gasteiger partial charge in [0.1, 0.15) is 11.6 Å². The van der Waals surface area contributed by atoms with Crippen LogP contribution in [0.4, 0.5) is 8.78 Å². The molecule has 0 atom stereocenters. The van der Waals surface area contributed by atoms with Crippen LogP contribution in [-0.4, -0.2) is 17.9 Å². The second kappa shape index (κ2) is 6.35. The smallest absolute Gasteiger partial charge is 0.224 e. The maximum absolute atomic E-state index is 14.1. The molecular weight excluding hydrogens is 310 g/mol. The maximum atomic E-state index is 14.1. The Morgan fingerprint density at radius 2 is 1.96 bits per heavy atom. The summed E-state index contributed by atoms with van der Waals surface area (Å²) >= 11 is 0. The van der Waals surface area contributed by atoms with Gasteiger partial charge in [-0.25, -0.2) is 13.8 Å². The molecular formula is C19H16F2N2O. The van der Waals surface area contributed by atoms with E-state index in [2.05, 4.69) is 10.3 Å². The molecule has 0 fully saturated rings. The molecule has 0 radical (unpaired) electrons. The van der Waals surface area contributed by atoms with Crippen LogP contribution in [0.5, 0.6) is 0 Å². The number of carbonyl (C=O) groups is 1. The van der Waals surface area contributed by atoms with E-state index in [1.807, 2.05) is 25.1 Å². The van der Waals surface area contributed by atoms with Gasteiger partial charge in [-0.15, -0.1) is 0 Å². The second-order valence-corrected chi connectivity index (χ2v) is 5.61. The van der Waals surface area contributed by atoms with Gasteiger partial charge >= 0.3 is 0 Å². The molecule has 3 aromatic rings. The number of likely N-dealkylation sites (N-methyl/N-ethyl adjacent to an activating group) is 1. The number of para-hydroxylation sites is 1. The molecule has 1 N–H and O–H groups in total. The molecule has 0 bridgehead atoms. The third-order valence-corrected chi connectivity index (χ3v) is 3.97. The number of hydrogen-bond donors (Lipinski definition) is 1. The zero-order valence-corrected chi connectivity index (χ0v) is 13.4. The number of nitrogens with one attached hydrogen (secondary N) is 1. The van der Waals surface area contributed by atoms with Gasteiger partial charge in [-0.1, -0.05) is 18.2 Å². The van der Waals surface area contributed by atoms with E-state index in [-0.39, 0.29) is 17.9 Å². The second-order valence-electron chi connectivity index (χ2n) is 5.61. The Hall–Kier alpha value is -2.82. The van der Waals surface area contributed by atoms with Crippen molar-refractivity contribution >= 4 is 16.8 Å². The fraction of sp³-hybridized carbons (Fsp3) is 0.158. The summed E-state index contributed by atoms with van der Waals surface area (Å²) in [5.41, 5.74) is 2.98. The number of amides is 1. The molecule has 1 heterocycles. The molecule has 1 aromatic heterocycles. The molecule has 2 aromatic carbocycles. The Morgan fingerprint density at radius 1 is 1.17 bits per heavy atom. The molecule has 0 saturated heterocycles. The summed E-state index contributed by atoms with van der Waals surface area (Å²) in [5, 5.41) is 3.49. The Morgan fingerprint density at radius 3 is 2.67 bits per heavy atom. The fourth-order valence-electron chi connectivity index (χ4n) is 2.72. The van der Waals surface area contributed by atoms with Gasteiger partial charge in [0.2, 0.25) is 5.91 Å². The van der Waals surface area contributed by atoms with Crippen LogP contribution in [0.1, 0.15) is 11.1 Å². The quantitative estimate of drug-likeness (QED) is 0.796. The van der Waals surface area contributed by atoms with Gasteiger partial charge in [0, 0.05) is 24.1 Å². The van der Waals surface area contributed by atoms with Crippen LogP contribution in [0.15, 0.2) is 42.5 Å². The lowest BCUT2D eigenvalue weighted by Crippen LogP contribution is -2.20. The van der Waals surface area contributed by atoms with E-state index in [9.17, 15) is 13.6 Å². The Kier molecular flexibility index (Phi) is 4.25. The van der Waals surface area contributed by atoms with Gasteiger partial charge in [0.25, 0.3) is 0 Å². The minimum atomic E-state index is -0.662. The van der Waals surface area contributed by atoms with Crippen molar-refractivity contribution in [3.8, 4) is 11.3 Å². The molecule has 122 valence electrons. The van der Waals surface area contributed by atoms with Crippen LogP contribution in [0.3, 0.4) is 0 Å². The monoisotopic (exact) mass is 326 g/mol. The summed E-state index contributed by atoms with van der Waals surface area (Å²) in [4.78, 5) is 16.3. The average Bonchev–Trinajstić information content (AvgIpc) is 2.55. The molecule has 24 heavy (non-hydrogen) atoms. The summed E-state index contributed by atoms with van der Waals surface area (Å²) in [5.74, 6) is -1.42. The van der Waals surface area contributed by atoms with E-state index in [0.29, 0.717) is 11.2 Å². The normalized spacial score (nSPS) is 10.8. The highest BCUT2D eigenvalue weighted by molar-refractivity contribution is 5.91. The third-order valence-electron chi connectivity index (χ3n) is 3.97. The average molecular weight is 326 g/mol. The van der Waals surface area contributed by atoms with Crippen molar-refractivity contribution in [2.45, 2.75) is 13.3 Å². The topological polar surface area (TPSA) is 42.0 Å². The minimum Gasteiger partial charge on any atom is -0.359 e. The summed E-state index contributed by atoms with van der Waals surface area (Å²) < 4.78 is 27.2. The van der Waals surface area contributed by atoms with Crippen molar-refractivity contribution in [3.05, 3.63) is 65.2 Å². The van der Waals surface area contributed by atoms with E-state index in [4.69, 9.17) is 0 Å².